The third kappa shape index (κ3) is 4.65. The van der Waals surface area contributed by atoms with Crippen LogP contribution in [0, 0.1) is 5.41 Å². The van der Waals surface area contributed by atoms with Crippen LogP contribution in [0.15, 0.2) is 12.1 Å². The fourth-order valence-electron chi connectivity index (χ4n) is 4.86. The number of hydrogen-bond acceptors (Lipinski definition) is 7. The maximum absolute atomic E-state index is 12.0. The topological polar surface area (TPSA) is 77.6 Å². The number of nitrogens with zero attached hydrogens (tertiary/aromatic N) is 1. The molecule has 0 N–H and O–H groups in total. The largest absolute Gasteiger partial charge is 0.628 e. The zero-order valence-corrected chi connectivity index (χ0v) is 21.5. The Balaban J connectivity index is 1.75. The molecule has 31 heavy (non-hydrogen) atoms. The Labute approximate surface area is 188 Å². The zero-order chi connectivity index (χ0) is 23.5. The lowest BCUT2D eigenvalue weighted by Crippen LogP contribution is -2.51. The van der Waals surface area contributed by atoms with Gasteiger partial charge in [-0.25, -0.2) is 0 Å². The molecule has 3 fully saturated rings. The molecule has 0 aromatic rings. The lowest BCUT2D eigenvalue weighted by atomic mass is 9.62. The van der Waals surface area contributed by atoms with Gasteiger partial charge in [-0.1, -0.05) is 40.7 Å². The van der Waals surface area contributed by atoms with Crippen molar-refractivity contribution in [3.8, 4) is 0 Å². The summed E-state index contributed by atoms with van der Waals surface area (Å²) in [5.74, 6) is 0.808. The molecule has 0 radical (unpaired) electrons. The van der Waals surface area contributed by atoms with Crippen molar-refractivity contribution in [2.24, 2.45) is 5.41 Å². The van der Waals surface area contributed by atoms with Gasteiger partial charge < -0.3 is 18.5 Å². The van der Waals surface area contributed by atoms with Gasteiger partial charge in [-0.2, -0.15) is 0 Å². The predicted octanol–water partition coefficient (Wildman–Crippen LogP) is 3.34. The van der Waals surface area contributed by atoms with Gasteiger partial charge in [0, 0.05) is 17.9 Å². The molecule has 0 unspecified atom stereocenters. The van der Waals surface area contributed by atoms with Gasteiger partial charge >= 0.3 is 19.1 Å². The fraction of sp³-hybridized carbons (Fsp3) is 0.818. The van der Waals surface area contributed by atoms with E-state index in [0.29, 0.717) is 0 Å². The number of carbonyl (C=O) groups is 2. The Morgan fingerprint density at radius 2 is 1.65 bits per heavy atom. The molecule has 2 saturated heterocycles. The summed E-state index contributed by atoms with van der Waals surface area (Å²) in [4.78, 5) is 25.6. The molecule has 9 heteroatoms. The second-order valence-electron chi connectivity index (χ2n) is 11.7. The van der Waals surface area contributed by atoms with E-state index in [1.807, 2.05) is 6.08 Å². The minimum Gasteiger partial charge on any atom is -0.495 e. The molecule has 3 aliphatic rings. The third-order valence-corrected chi connectivity index (χ3v) is 12.1. The Hall–Kier alpha value is -1.16. The number of likely N-dealkylation sites (N-methyl/N-ethyl adjacent to an activating group) is 1. The highest BCUT2D eigenvalue weighted by molar-refractivity contribution is 6.74. The number of epoxide rings is 1. The van der Waals surface area contributed by atoms with Gasteiger partial charge in [0.1, 0.15) is 11.2 Å². The van der Waals surface area contributed by atoms with Crippen molar-refractivity contribution < 1.29 is 28.1 Å². The van der Waals surface area contributed by atoms with Crippen LogP contribution in [-0.4, -0.2) is 69.7 Å². The molecule has 0 aromatic carbocycles. The van der Waals surface area contributed by atoms with Gasteiger partial charge in [-0.05, 0) is 44.5 Å². The number of carbonyl (C=O) groups excluding carboxylic acids is 2. The first-order valence-electron chi connectivity index (χ1n) is 11.2. The average Bonchev–Trinajstić information content (AvgIpc) is 3.15. The highest BCUT2D eigenvalue weighted by Crippen LogP contribution is 2.66. The van der Waals surface area contributed by atoms with Gasteiger partial charge in [0.05, 0.1) is 13.1 Å². The van der Waals surface area contributed by atoms with Crippen LogP contribution in [0.4, 0.5) is 0 Å². The van der Waals surface area contributed by atoms with Crippen LogP contribution in [-0.2, 0) is 28.1 Å². The monoisotopic (exact) mass is 451 g/mol. The summed E-state index contributed by atoms with van der Waals surface area (Å²) in [6.45, 7) is 17.9. The molecule has 1 saturated carbocycles. The van der Waals surface area contributed by atoms with Crippen LogP contribution in [0.3, 0.4) is 0 Å². The van der Waals surface area contributed by atoms with Crippen molar-refractivity contribution in [1.29, 1.82) is 0 Å². The van der Waals surface area contributed by atoms with E-state index in [0.717, 1.165) is 12.8 Å². The van der Waals surface area contributed by atoms with Crippen molar-refractivity contribution in [2.45, 2.75) is 89.8 Å². The van der Waals surface area contributed by atoms with E-state index in [2.05, 4.69) is 54.6 Å². The summed E-state index contributed by atoms with van der Waals surface area (Å²) in [5, 5.41) is 0.150. The van der Waals surface area contributed by atoms with Crippen molar-refractivity contribution in [3.05, 3.63) is 12.1 Å². The van der Waals surface area contributed by atoms with Crippen LogP contribution in [0.5, 0.6) is 0 Å². The minimum absolute atomic E-state index is 0.0523. The van der Waals surface area contributed by atoms with E-state index in [1.165, 1.54) is 0 Å². The molecule has 7 nitrogen and oxygen atoms in total. The van der Waals surface area contributed by atoms with E-state index < -0.39 is 33.0 Å². The first kappa shape index (κ1) is 24.5. The van der Waals surface area contributed by atoms with Crippen LogP contribution in [0.2, 0.25) is 18.1 Å². The average molecular weight is 451 g/mol. The van der Waals surface area contributed by atoms with Crippen molar-refractivity contribution in [3.63, 3.8) is 0 Å². The molecular weight excluding hydrogens is 413 g/mol. The van der Waals surface area contributed by atoms with Crippen LogP contribution in [0.1, 0.15) is 54.4 Å². The van der Waals surface area contributed by atoms with Crippen LogP contribution < -0.4 is 0 Å². The highest BCUT2D eigenvalue weighted by Gasteiger charge is 2.75. The molecule has 0 spiro atoms. The molecule has 0 amide bonds. The molecule has 0 aromatic heterocycles. The second kappa shape index (κ2) is 7.71. The van der Waals surface area contributed by atoms with Crippen molar-refractivity contribution in [1.82, 2.24) is 4.90 Å². The number of fused-ring (bicyclic) bond motifs is 1. The Kier molecular flexibility index (Phi) is 6.09. The first-order chi connectivity index (χ1) is 14.0. The highest BCUT2D eigenvalue weighted by atomic mass is 28.4. The van der Waals surface area contributed by atoms with Crippen LogP contribution >= 0.6 is 0 Å². The summed E-state index contributed by atoms with van der Waals surface area (Å²) >= 11 is 0. The third-order valence-electron chi connectivity index (χ3n) is 7.54. The van der Waals surface area contributed by atoms with Crippen LogP contribution in [0.25, 0.3) is 0 Å². The van der Waals surface area contributed by atoms with E-state index in [1.54, 1.807) is 17.9 Å². The quantitative estimate of drug-likeness (QED) is 0.479. The standard InChI is InChI=1S/C22H38BNO6Si/c1-19(2,3)31(8,9)29-16-12-20(4,5)22(21(6,13-16)30-22)10-11-23-27-17(25)14-24(7)15-18(26)28-23/h10-11,16H,12-15H2,1-9H3/b11-10+/t16-,21+,22-/m0/s1. The smallest absolute Gasteiger partial charge is 0.495 e. The number of rotatable bonds is 4. The van der Waals surface area contributed by atoms with Gasteiger partial charge in [0.15, 0.2) is 8.32 Å². The molecule has 3 rings (SSSR count). The molecule has 3 atom stereocenters. The lowest BCUT2D eigenvalue weighted by molar-refractivity contribution is -0.145. The number of ether oxygens (including phenoxy) is 1. The Bertz CT molecular complexity index is 758. The van der Waals surface area contributed by atoms with Gasteiger partial charge in [-0.3, -0.25) is 14.5 Å². The molecule has 2 heterocycles. The van der Waals surface area contributed by atoms with Crippen molar-refractivity contribution >= 4 is 27.4 Å². The summed E-state index contributed by atoms with van der Waals surface area (Å²) in [6.07, 6.45) is 3.75. The van der Waals surface area contributed by atoms with E-state index in [9.17, 15) is 9.59 Å². The summed E-state index contributed by atoms with van der Waals surface area (Å²) in [5.41, 5.74) is -1.07. The molecule has 0 bridgehead atoms. The molecule has 174 valence electrons. The SMILES string of the molecule is CN1CC(=O)OB(/C=C/[C@@]23O[C@]2(C)C[C@@H](O[Si](C)(C)C(C)(C)C)CC3(C)C)OC(=O)C1. The number of hydrogen-bond donors (Lipinski definition) is 0. The second-order valence-corrected chi connectivity index (χ2v) is 16.5. The zero-order valence-electron chi connectivity index (χ0n) is 20.5. The lowest BCUT2D eigenvalue weighted by Gasteiger charge is -2.45. The van der Waals surface area contributed by atoms with Gasteiger partial charge in [0.2, 0.25) is 0 Å². The molecule has 1 aliphatic carbocycles. The normalized spacial score (nSPS) is 34.6. The minimum atomic E-state index is -1.89. The van der Waals surface area contributed by atoms with E-state index >= 15 is 0 Å². The van der Waals surface area contributed by atoms with Gasteiger partial charge in [-0.15, -0.1) is 0 Å². The van der Waals surface area contributed by atoms with E-state index in [-0.39, 0.29) is 35.2 Å². The summed E-state index contributed by atoms with van der Waals surface area (Å²) in [6, 6.07) is 0. The maximum Gasteiger partial charge on any atom is 0.628 e. The van der Waals surface area contributed by atoms with Crippen molar-refractivity contribution in [2.75, 3.05) is 20.1 Å². The Morgan fingerprint density at radius 3 is 2.13 bits per heavy atom. The fourth-order valence-corrected chi connectivity index (χ4v) is 6.22. The predicted molar refractivity (Wildman–Crippen MR) is 122 cm³/mol. The Morgan fingerprint density at radius 1 is 1.10 bits per heavy atom. The van der Waals surface area contributed by atoms with E-state index in [4.69, 9.17) is 18.5 Å². The molecule has 2 aliphatic heterocycles. The maximum atomic E-state index is 12.0. The van der Waals surface area contributed by atoms with Gasteiger partial charge in [0.25, 0.3) is 0 Å². The summed E-state index contributed by atoms with van der Waals surface area (Å²) < 4.78 is 23.8. The molecular formula is C22H38BNO6Si. The first-order valence-corrected chi connectivity index (χ1v) is 14.1. The summed E-state index contributed by atoms with van der Waals surface area (Å²) in [7, 11) is -1.25.